The molecule has 0 spiro atoms. The first-order chi connectivity index (χ1) is 12.2. The maximum absolute atomic E-state index is 13.4. The molecule has 0 fully saturated rings. The van der Waals surface area contributed by atoms with Crippen molar-refractivity contribution in [2.75, 3.05) is 19.0 Å². The highest BCUT2D eigenvalue weighted by Crippen LogP contribution is 2.32. The van der Waals surface area contributed by atoms with Gasteiger partial charge in [0.1, 0.15) is 11.6 Å². The molecule has 0 aliphatic carbocycles. The van der Waals surface area contributed by atoms with E-state index in [1.165, 1.54) is 19.2 Å². The molecule has 0 atom stereocenters. The van der Waals surface area contributed by atoms with E-state index in [0.717, 1.165) is 22.4 Å². The lowest BCUT2D eigenvalue weighted by Gasteiger charge is -2.25. The zero-order chi connectivity index (χ0) is 19.1. The number of aromatic nitrogens is 1. The molecule has 0 radical (unpaired) electrons. The number of rotatable bonds is 5. The van der Waals surface area contributed by atoms with Gasteiger partial charge in [-0.1, -0.05) is 0 Å². The number of benzene rings is 2. The van der Waals surface area contributed by atoms with Crippen LogP contribution in [0.4, 0.5) is 10.2 Å². The van der Waals surface area contributed by atoms with Gasteiger partial charge in [-0.25, -0.2) is 17.5 Å². The number of nitrogens with one attached hydrogen (secondary N) is 1. The van der Waals surface area contributed by atoms with Crippen LogP contribution in [0.1, 0.15) is 13.8 Å². The molecule has 1 heterocycles. The first kappa shape index (κ1) is 18.4. The monoisotopic (exact) mass is 375 g/mol. The lowest BCUT2D eigenvalue weighted by molar-refractivity contribution is 0.588. The lowest BCUT2D eigenvalue weighted by atomic mass is 10.2. The smallest absolute Gasteiger partial charge is 0.240 e. The fourth-order valence-corrected chi connectivity index (χ4v) is 3.61. The van der Waals surface area contributed by atoms with Gasteiger partial charge in [-0.3, -0.25) is 4.57 Å². The van der Waals surface area contributed by atoms with Crippen LogP contribution in [0.25, 0.3) is 16.6 Å². The fraction of sp³-hybridized carbons (Fsp3) is 0.263. The molecule has 138 valence electrons. The van der Waals surface area contributed by atoms with E-state index in [1.807, 2.05) is 17.7 Å². The Balaban J connectivity index is 2.29. The van der Waals surface area contributed by atoms with Crippen molar-refractivity contribution < 1.29 is 12.8 Å². The fourth-order valence-electron chi connectivity index (χ4n) is 2.85. The Labute approximate surface area is 153 Å². The molecule has 0 saturated heterocycles. The minimum Gasteiger partial charge on any atom is -0.358 e. The topological polar surface area (TPSA) is 54.3 Å². The second-order valence-electron chi connectivity index (χ2n) is 6.45. The van der Waals surface area contributed by atoms with Crippen LogP contribution in [0.15, 0.2) is 53.4 Å². The van der Waals surface area contributed by atoms with Gasteiger partial charge in [0.15, 0.2) is 0 Å². The molecular formula is C19H22FN3O2S. The van der Waals surface area contributed by atoms with Crippen LogP contribution in [-0.4, -0.2) is 33.1 Å². The Hall–Kier alpha value is -2.38. The maximum atomic E-state index is 13.4. The molecule has 3 aromatic rings. The van der Waals surface area contributed by atoms with Gasteiger partial charge in [-0.15, -0.1) is 0 Å². The Morgan fingerprint density at radius 2 is 1.73 bits per heavy atom. The van der Waals surface area contributed by atoms with Crippen molar-refractivity contribution in [3.63, 3.8) is 0 Å². The van der Waals surface area contributed by atoms with Crippen molar-refractivity contribution in [2.24, 2.45) is 0 Å². The minimum absolute atomic E-state index is 0.211. The molecule has 5 nitrogen and oxygen atoms in total. The van der Waals surface area contributed by atoms with Gasteiger partial charge in [0, 0.05) is 24.2 Å². The number of hydrogen-bond acceptors (Lipinski definition) is 3. The largest absolute Gasteiger partial charge is 0.358 e. The van der Waals surface area contributed by atoms with Crippen LogP contribution in [-0.2, 0) is 10.0 Å². The molecule has 7 heteroatoms. The molecule has 0 aliphatic rings. The summed E-state index contributed by atoms with van der Waals surface area (Å²) in [4.78, 5) is 2.30. The summed E-state index contributed by atoms with van der Waals surface area (Å²) in [6, 6.07) is 13.5. The van der Waals surface area contributed by atoms with E-state index in [4.69, 9.17) is 0 Å². The normalized spacial score (nSPS) is 12.1. The van der Waals surface area contributed by atoms with Crippen molar-refractivity contribution in [3.8, 4) is 5.69 Å². The SMILES string of the molecule is CNS(=O)(=O)c1ccc2c(c1)cc(N(C)C(C)C)n2-c1ccc(F)cc1. The number of halogens is 1. The number of nitrogens with zero attached hydrogens (tertiary/aromatic N) is 2. The Kier molecular flexibility index (Phi) is 4.77. The molecule has 0 bridgehead atoms. The van der Waals surface area contributed by atoms with Gasteiger partial charge >= 0.3 is 0 Å². The van der Waals surface area contributed by atoms with Crippen LogP contribution in [0.2, 0.25) is 0 Å². The highest BCUT2D eigenvalue weighted by atomic mass is 32.2. The van der Waals surface area contributed by atoms with Gasteiger partial charge in [0.2, 0.25) is 10.0 Å². The molecule has 1 N–H and O–H groups in total. The number of hydrogen-bond donors (Lipinski definition) is 1. The van der Waals surface area contributed by atoms with E-state index < -0.39 is 10.0 Å². The second-order valence-corrected chi connectivity index (χ2v) is 8.33. The third kappa shape index (κ3) is 3.20. The molecule has 0 unspecified atom stereocenters. The second kappa shape index (κ2) is 6.74. The first-order valence-electron chi connectivity index (χ1n) is 8.32. The summed E-state index contributed by atoms with van der Waals surface area (Å²) in [5.41, 5.74) is 1.67. The van der Waals surface area contributed by atoms with E-state index in [9.17, 15) is 12.8 Å². The Morgan fingerprint density at radius 3 is 2.31 bits per heavy atom. The maximum Gasteiger partial charge on any atom is 0.240 e. The van der Waals surface area contributed by atoms with Gasteiger partial charge in [0.05, 0.1) is 10.4 Å². The lowest BCUT2D eigenvalue weighted by Crippen LogP contribution is -2.27. The van der Waals surface area contributed by atoms with Gasteiger partial charge < -0.3 is 4.90 Å². The van der Waals surface area contributed by atoms with E-state index in [0.29, 0.717) is 0 Å². The summed E-state index contributed by atoms with van der Waals surface area (Å²) in [7, 11) is -0.156. The molecule has 0 aliphatic heterocycles. The standard InChI is InChI=1S/C19H22FN3O2S/c1-13(2)22(4)19-12-14-11-17(26(24,25)21-3)9-10-18(14)23(19)16-7-5-15(20)6-8-16/h5-13,21H,1-4H3. The average Bonchev–Trinajstić information content (AvgIpc) is 3.00. The zero-order valence-corrected chi connectivity index (χ0v) is 16.0. The van der Waals surface area contributed by atoms with Crippen molar-refractivity contribution in [1.29, 1.82) is 0 Å². The summed E-state index contributed by atoms with van der Waals surface area (Å²) < 4.78 is 41.9. The van der Waals surface area contributed by atoms with Gasteiger partial charge in [-0.2, -0.15) is 0 Å². The molecule has 0 amide bonds. The zero-order valence-electron chi connectivity index (χ0n) is 15.2. The molecular weight excluding hydrogens is 353 g/mol. The quantitative estimate of drug-likeness (QED) is 0.742. The average molecular weight is 375 g/mol. The van der Waals surface area contributed by atoms with E-state index >= 15 is 0 Å². The third-order valence-corrected chi connectivity index (χ3v) is 5.97. The summed E-state index contributed by atoms with van der Waals surface area (Å²) in [5, 5.41) is 0.799. The third-order valence-electron chi connectivity index (χ3n) is 4.55. The van der Waals surface area contributed by atoms with E-state index in [-0.39, 0.29) is 16.8 Å². The molecule has 0 saturated carbocycles. The predicted molar refractivity (Wildman–Crippen MR) is 103 cm³/mol. The minimum atomic E-state index is -3.52. The highest BCUT2D eigenvalue weighted by molar-refractivity contribution is 7.89. The summed E-state index contributed by atoms with van der Waals surface area (Å²) >= 11 is 0. The predicted octanol–water partition coefficient (Wildman–Crippen LogP) is 3.52. The van der Waals surface area contributed by atoms with E-state index in [2.05, 4.69) is 23.5 Å². The molecule has 1 aromatic heterocycles. The van der Waals surface area contributed by atoms with E-state index in [1.54, 1.807) is 30.3 Å². The summed E-state index contributed by atoms with van der Waals surface area (Å²) in [6.07, 6.45) is 0. The summed E-state index contributed by atoms with van der Waals surface area (Å²) in [6.45, 7) is 4.15. The van der Waals surface area contributed by atoms with Crippen molar-refractivity contribution in [2.45, 2.75) is 24.8 Å². The van der Waals surface area contributed by atoms with Gasteiger partial charge in [0.25, 0.3) is 0 Å². The Morgan fingerprint density at radius 1 is 1.08 bits per heavy atom. The van der Waals surface area contributed by atoms with Crippen LogP contribution in [0, 0.1) is 5.82 Å². The highest BCUT2D eigenvalue weighted by Gasteiger charge is 2.18. The van der Waals surface area contributed by atoms with Gasteiger partial charge in [-0.05, 0) is 69.4 Å². The molecule has 3 rings (SSSR count). The van der Waals surface area contributed by atoms with Crippen LogP contribution >= 0.6 is 0 Å². The van der Waals surface area contributed by atoms with Crippen LogP contribution in [0.5, 0.6) is 0 Å². The number of anilines is 1. The molecule has 2 aromatic carbocycles. The molecule has 26 heavy (non-hydrogen) atoms. The number of fused-ring (bicyclic) bond motifs is 1. The van der Waals surface area contributed by atoms with Crippen LogP contribution in [0.3, 0.4) is 0 Å². The Bertz CT molecular complexity index is 1040. The van der Waals surface area contributed by atoms with Crippen molar-refractivity contribution in [1.82, 2.24) is 9.29 Å². The number of sulfonamides is 1. The van der Waals surface area contributed by atoms with Crippen molar-refractivity contribution >= 4 is 26.7 Å². The van der Waals surface area contributed by atoms with Crippen molar-refractivity contribution in [3.05, 3.63) is 54.3 Å². The van der Waals surface area contributed by atoms with Crippen LogP contribution < -0.4 is 9.62 Å². The summed E-state index contributed by atoms with van der Waals surface area (Å²) in [5.74, 6) is 0.604. The first-order valence-corrected chi connectivity index (χ1v) is 9.81.